The first-order valence-corrected chi connectivity index (χ1v) is 6.70. The van der Waals surface area contributed by atoms with Crippen molar-refractivity contribution < 1.29 is 24.2 Å². The quantitative estimate of drug-likeness (QED) is 0.739. The fourth-order valence-electron chi connectivity index (χ4n) is 1.54. The highest BCUT2D eigenvalue weighted by molar-refractivity contribution is 9.10. The number of carboxylic acid groups (broad SMARTS) is 1. The monoisotopic (exact) mass is 345 g/mol. The van der Waals surface area contributed by atoms with Crippen LogP contribution in [-0.2, 0) is 4.79 Å². The summed E-state index contributed by atoms with van der Waals surface area (Å²) in [5, 5.41) is 11.2. The first-order valence-electron chi connectivity index (χ1n) is 5.91. The maximum absolute atomic E-state index is 12.0. The molecule has 6 nitrogen and oxygen atoms in total. The Hall–Kier alpha value is -1.76. The molecule has 0 heterocycles. The first kappa shape index (κ1) is 16.3. The van der Waals surface area contributed by atoms with E-state index >= 15 is 0 Å². The zero-order chi connectivity index (χ0) is 15.1. The summed E-state index contributed by atoms with van der Waals surface area (Å²) in [7, 11) is 2.99. The van der Waals surface area contributed by atoms with Gasteiger partial charge >= 0.3 is 5.97 Å². The third-order valence-electron chi connectivity index (χ3n) is 2.56. The third-order valence-corrected chi connectivity index (χ3v) is 3.34. The second-order valence-electron chi connectivity index (χ2n) is 3.95. The minimum absolute atomic E-state index is 0.0211. The summed E-state index contributed by atoms with van der Waals surface area (Å²) in [6.45, 7) is 0.297. The van der Waals surface area contributed by atoms with Crippen LogP contribution in [0.4, 0.5) is 0 Å². The van der Waals surface area contributed by atoms with Gasteiger partial charge in [0, 0.05) is 18.5 Å². The van der Waals surface area contributed by atoms with Crippen LogP contribution in [0, 0.1) is 0 Å². The molecule has 20 heavy (non-hydrogen) atoms. The van der Waals surface area contributed by atoms with Crippen molar-refractivity contribution >= 4 is 27.8 Å². The van der Waals surface area contributed by atoms with E-state index in [0.29, 0.717) is 34.5 Å². The highest BCUT2D eigenvalue weighted by Crippen LogP contribution is 2.35. The van der Waals surface area contributed by atoms with Crippen LogP contribution in [0.2, 0.25) is 0 Å². The molecule has 0 aromatic heterocycles. The van der Waals surface area contributed by atoms with E-state index in [0.717, 1.165) is 0 Å². The minimum Gasteiger partial charge on any atom is -0.495 e. The molecule has 0 aliphatic carbocycles. The number of hydrogen-bond acceptors (Lipinski definition) is 4. The van der Waals surface area contributed by atoms with E-state index in [9.17, 15) is 9.59 Å². The minimum atomic E-state index is -0.883. The molecule has 1 aromatic rings. The largest absolute Gasteiger partial charge is 0.495 e. The number of ether oxygens (including phenoxy) is 2. The van der Waals surface area contributed by atoms with E-state index in [1.807, 2.05) is 0 Å². The number of aliphatic carboxylic acids is 1. The fraction of sp³-hybridized carbons (Fsp3) is 0.385. The molecule has 0 radical (unpaired) electrons. The highest BCUT2D eigenvalue weighted by Gasteiger charge is 2.14. The molecule has 0 bridgehead atoms. The second kappa shape index (κ2) is 7.74. The molecule has 0 spiro atoms. The van der Waals surface area contributed by atoms with Gasteiger partial charge in [-0.15, -0.1) is 0 Å². The summed E-state index contributed by atoms with van der Waals surface area (Å²) in [6.07, 6.45) is 0.402. The number of amides is 1. The van der Waals surface area contributed by atoms with Gasteiger partial charge < -0.3 is 19.9 Å². The highest BCUT2D eigenvalue weighted by atomic mass is 79.9. The smallest absolute Gasteiger partial charge is 0.303 e. The normalized spacial score (nSPS) is 9.95. The molecule has 0 aliphatic heterocycles. The zero-order valence-corrected chi connectivity index (χ0v) is 12.8. The van der Waals surface area contributed by atoms with Crippen molar-refractivity contribution in [3.05, 3.63) is 22.2 Å². The molecule has 0 saturated carbocycles. The van der Waals surface area contributed by atoms with E-state index in [-0.39, 0.29) is 12.3 Å². The van der Waals surface area contributed by atoms with Gasteiger partial charge in [0.05, 0.1) is 14.2 Å². The average Bonchev–Trinajstić information content (AvgIpc) is 2.43. The van der Waals surface area contributed by atoms with Crippen LogP contribution in [0.5, 0.6) is 11.5 Å². The Bertz CT molecular complexity index is 479. The van der Waals surface area contributed by atoms with Crippen molar-refractivity contribution in [3.8, 4) is 11.5 Å². The number of carbonyl (C=O) groups is 2. The molecule has 1 amide bonds. The van der Waals surface area contributed by atoms with Crippen LogP contribution in [-0.4, -0.2) is 37.7 Å². The van der Waals surface area contributed by atoms with Crippen molar-refractivity contribution in [2.24, 2.45) is 0 Å². The van der Waals surface area contributed by atoms with Crippen molar-refractivity contribution in [2.75, 3.05) is 20.8 Å². The zero-order valence-electron chi connectivity index (χ0n) is 11.2. The van der Waals surface area contributed by atoms with Crippen LogP contribution >= 0.6 is 15.9 Å². The van der Waals surface area contributed by atoms with Gasteiger partial charge in [0.25, 0.3) is 5.91 Å². The lowest BCUT2D eigenvalue weighted by atomic mass is 10.2. The van der Waals surface area contributed by atoms with Crippen molar-refractivity contribution in [2.45, 2.75) is 12.8 Å². The van der Waals surface area contributed by atoms with E-state index in [1.54, 1.807) is 12.1 Å². The SMILES string of the molecule is COc1cc(C(=O)NCCCC(=O)O)cc(OC)c1Br. The number of halogens is 1. The molecule has 0 atom stereocenters. The molecule has 0 fully saturated rings. The molecule has 1 aromatic carbocycles. The number of hydrogen-bond donors (Lipinski definition) is 2. The Balaban J connectivity index is 2.75. The predicted octanol–water partition coefficient (Wildman–Crippen LogP) is 2.06. The molecule has 1 rings (SSSR count). The first-order chi connectivity index (χ1) is 9.49. The standard InChI is InChI=1S/C13H16BrNO5/c1-19-9-6-8(7-10(20-2)12(9)14)13(18)15-5-3-4-11(16)17/h6-7H,3-5H2,1-2H3,(H,15,18)(H,16,17). The average molecular weight is 346 g/mol. The lowest BCUT2D eigenvalue weighted by Gasteiger charge is -2.11. The fourth-order valence-corrected chi connectivity index (χ4v) is 2.10. The van der Waals surface area contributed by atoms with Gasteiger partial charge in [0.1, 0.15) is 16.0 Å². The van der Waals surface area contributed by atoms with Crippen LogP contribution in [0.25, 0.3) is 0 Å². The Labute approximate surface area is 125 Å². The summed E-state index contributed by atoms with van der Waals surface area (Å²) in [6, 6.07) is 3.16. The molecule has 110 valence electrons. The number of carbonyl (C=O) groups excluding carboxylic acids is 1. The molecule has 0 aliphatic rings. The Morgan fingerprint density at radius 1 is 1.25 bits per heavy atom. The maximum atomic E-state index is 12.0. The summed E-state index contributed by atoms with van der Waals surface area (Å²) >= 11 is 3.32. The Morgan fingerprint density at radius 3 is 2.25 bits per heavy atom. The van der Waals surface area contributed by atoms with Crippen molar-refractivity contribution in [3.63, 3.8) is 0 Å². The summed E-state index contributed by atoms with van der Waals surface area (Å²) in [5.41, 5.74) is 0.386. The van der Waals surface area contributed by atoms with Gasteiger partial charge in [0.15, 0.2) is 0 Å². The van der Waals surface area contributed by atoms with Crippen molar-refractivity contribution in [1.82, 2.24) is 5.32 Å². The topological polar surface area (TPSA) is 84.9 Å². The van der Waals surface area contributed by atoms with Crippen LogP contribution in [0.1, 0.15) is 23.2 Å². The summed E-state index contributed by atoms with van der Waals surface area (Å²) in [4.78, 5) is 22.3. The lowest BCUT2D eigenvalue weighted by molar-refractivity contribution is -0.137. The molecule has 7 heteroatoms. The van der Waals surface area contributed by atoms with E-state index in [2.05, 4.69) is 21.2 Å². The molecule has 0 saturated heterocycles. The van der Waals surface area contributed by atoms with E-state index in [1.165, 1.54) is 14.2 Å². The van der Waals surface area contributed by atoms with E-state index < -0.39 is 5.97 Å². The molecular weight excluding hydrogens is 330 g/mol. The second-order valence-corrected chi connectivity index (χ2v) is 4.74. The molecular formula is C13H16BrNO5. The third kappa shape index (κ3) is 4.41. The van der Waals surface area contributed by atoms with Crippen LogP contribution < -0.4 is 14.8 Å². The van der Waals surface area contributed by atoms with Gasteiger partial charge in [-0.3, -0.25) is 9.59 Å². The summed E-state index contributed by atoms with van der Waals surface area (Å²) < 4.78 is 10.9. The Morgan fingerprint density at radius 2 is 1.80 bits per heavy atom. The van der Waals surface area contributed by atoms with Gasteiger partial charge in [-0.05, 0) is 34.5 Å². The van der Waals surface area contributed by atoms with Crippen molar-refractivity contribution in [1.29, 1.82) is 0 Å². The maximum Gasteiger partial charge on any atom is 0.303 e. The Kier molecular flexibility index (Phi) is 6.30. The summed E-state index contributed by atoms with van der Waals surface area (Å²) in [5.74, 6) is -0.217. The lowest BCUT2D eigenvalue weighted by Crippen LogP contribution is -2.25. The predicted molar refractivity (Wildman–Crippen MR) is 76.4 cm³/mol. The van der Waals surface area contributed by atoms with E-state index in [4.69, 9.17) is 14.6 Å². The number of carboxylic acids is 1. The molecule has 0 unspecified atom stereocenters. The van der Waals surface area contributed by atoms with Gasteiger partial charge in [0.2, 0.25) is 0 Å². The molecule has 2 N–H and O–H groups in total. The van der Waals surface area contributed by atoms with Gasteiger partial charge in [-0.25, -0.2) is 0 Å². The number of benzene rings is 1. The number of methoxy groups -OCH3 is 2. The van der Waals surface area contributed by atoms with Gasteiger partial charge in [-0.1, -0.05) is 0 Å². The number of rotatable bonds is 7. The van der Waals surface area contributed by atoms with Crippen LogP contribution in [0.15, 0.2) is 16.6 Å². The van der Waals surface area contributed by atoms with Gasteiger partial charge in [-0.2, -0.15) is 0 Å². The number of nitrogens with one attached hydrogen (secondary N) is 1. The van der Waals surface area contributed by atoms with Crippen LogP contribution in [0.3, 0.4) is 0 Å².